The standard InChI is InChI=1S/C10H10FN3O/c11-9-5-8(7-13-10(9)6-12)14-1-3-15-4-2-14/h5,7H,1-4H2. The van der Waals surface area contributed by atoms with Gasteiger partial charge in [0.05, 0.1) is 25.1 Å². The highest BCUT2D eigenvalue weighted by atomic mass is 19.1. The molecule has 1 aromatic heterocycles. The first-order chi connectivity index (χ1) is 7.31. The van der Waals surface area contributed by atoms with Crippen LogP contribution in [0.4, 0.5) is 10.1 Å². The topological polar surface area (TPSA) is 49.2 Å². The molecule has 0 amide bonds. The third-order valence-corrected chi connectivity index (χ3v) is 2.31. The second kappa shape index (κ2) is 4.24. The Morgan fingerprint density at radius 1 is 1.47 bits per heavy atom. The van der Waals surface area contributed by atoms with Crippen molar-refractivity contribution in [1.82, 2.24) is 4.98 Å². The van der Waals surface area contributed by atoms with Crippen LogP contribution in [0.15, 0.2) is 12.3 Å². The molecule has 0 saturated carbocycles. The van der Waals surface area contributed by atoms with Crippen molar-refractivity contribution in [2.24, 2.45) is 0 Å². The van der Waals surface area contributed by atoms with Crippen molar-refractivity contribution in [3.63, 3.8) is 0 Å². The number of nitriles is 1. The summed E-state index contributed by atoms with van der Waals surface area (Å²) in [5, 5.41) is 8.53. The van der Waals surface area contributed by atoms with Crippen molar-refractivity contribution in [3.05, 3.63) is 23.8 Å². The van der Waals surface area contributed by atoms with Crippen molar-refractivity contribution >= 4 is 5.69 Å². The van der Waals surface area contributed by atoms with Gasteiger partial charge in [-0.25, -0.2) is 9.37 Å². The molecule has 0 unspecified atom stereocenters. The highest BCUT2D eigenvalue weighted by molar-refractivity contribution is 5.46. The molecule has 4 nitrogen and oxygen atoms in total. The molecule has 1 fully saturated rings. The van der Waals surface area contributed by atoms with Crippen LogP contribution in [0.2, 0.25) is 0 Å². The number of aromatic nitrogens is 1. The SMILES string of the molecule is N#Cc1ncc(N2CCOCC2)cc1F. The summed E-state index contributed by atoms with van der Waals surface area (Å²) in [5.41, 5.74) is 0.543. The summed E-state index contributed by atoms with van der Waals surface area (Å²) < 4.78 is 18.5. The van der Waals surface area contributed by atoms with Gasteiger partial charge in [-0.05, 0) is 0 Å². The van der Waals surface area contributed by atoms with Crippen LogP contribution in [0.25, 0.3) is 0 Å². The number of anilines is 1. The van der Waals surface area contributed by atoms with E-state index >= 15 is 0 Å². The van der Waals surface area contributed by atoms with Crippen molar-refractivity contribution in [3.8, 4) is 6.07 Å². The number of hydrogen-bond donors (Lipinski definition) is 0. The lowest BCUT2D eigenvalue weighted by Gasteiger charge is -2.28. The molecule has 0 radical (unpaired) electrons. The van der Waals surface area contributed by atoms with Gasteiger partial charge in [0.1, 0.15) is 6.07 Å². The number of ether oxygens (including phenoxy) is 1. The van der Waals surface area contributed by atoms with Gasteiger partial charge in [-0.1, -0.05) is 0 Å². The van der Waals surface area contributed by atoms with Gasteiger partial charge in [-0.2, -0.15) is 5.26 Å². The van der Waals surface area contributed by atoms with E-state index in [-0.39, 0.29) is 5.69 Å². The number of halogens is 1. The van der Waals surface area contributed by atoms with Gasteiger partial charge in [0, 0.05) is 19.2 Å². The Morgan fingerprint density at radius 3 is 2.80 bits per heavy atom. The van der Waals surface area contributed by atoms with Gasteiger partial charge >= 0.3 is 0 Å². The minimum atomic E-state index is -0.568. The molecule has 78 valence electrons. The fraction of sp³-hybridized carbons (Fsp3) is 0.400. The van der Waals surface area contributed by atoms with E-state index in [1.165, 1.54) is 12.3 Å². The first kappa shape index (κ1) is 9.87. The first-order valence-electron chi connectivity index (χ1n) is 4.69. The van der Waals surface area contributed by atoms with Crippen LogP contribution in [-0.2, 0) is 4.74 Å². The number of morpholine rings is 1. The molecule has 0 spiro atoms. The Bertz CT molecular complexity index is 396. The maximum Gasteiger partial charge on any atom is 0.176 e. The van der Waals surface area contributed by atoms with Gasteiger partial charge in [-0.15, -0.1) is 0 Å². The zero-order valence-electron chi connectivity index (χ0n) is 8.11. The monoisotopic (exact) mass is 207 g/mol. The smallest absolute Gasteiger partial charge is 0.176 e. The third kappa shape index (κ3) is 2.05. The number of pyridine rings is 1. The molecule has 1 aromatic rings. The molecule has 1 aliphatic rings. The molecule has 0 bridgehead atoms. The summed E-state index contributed by atoms with van der Waals surface area (Å²) in [6.45, 7) is 2.74. The van der Waals surface area contributed by atoms with Gasteiger partial charge in [-0.3, -0.25) is 0 Å². The van der Waals surface area contributed by atoms with Gasteiger partial charge in [0.2, 0.25) is 0 Å². The van der Waals surface area contributed by atoms with E-state index in [9.17, 15) is 4.39 Å². The van der Waals surface area contributed by atoms with Gasteiger partial charge in [0.25, 0.3) is 0 Å². The van der Waals surface area contributed by atoms with E-state index < -0.39 is 5.82 Å². The fourth-order valence-corrected chi connectivity index (χ4v) is 1.50. The summed E-state index contributed by atoms with van der Waals surface area (Å²) >= 11 is 0. The highest BCUT2D eigenvalue weighted by Gasteiger charge is 2.13. The van der Waals surface area contributed by atoms with E-state index in [0.29, 0.717) is 18.9 Å². The quantitative estimate of drug-likeness (QED) is 0.687. The number of nitrogens with zero attached hydrogens (tertiary/aromatic N) is 3. The van der Waals surface area contributed by atoms with Crippen molar-refractivity contribution in [2.45, 2.75) is 0 Å². The number of hydrogen-bond acceptors (Lipinski definition) is 4. The predicted octanol–water partition coefficient (Wildman–Crippen LogP) is 0.929. The summed E-state index contributed by atoms with van der Waals surface area (Å²) in [6, 6.07) is 3.04. The molecule has 1 aliphatic heterocycles. The fourth-order valence-electron chi connectivity index (χ4n) is 1.50. The second-order valence-electron chi connectivity index (χ2n) is 3.24. The average Bonchev–Trinajstić information content (AvgIpc) is 2.30. The van der Waals surface area contributed by atoms with Crippen LogP contribution in [-0.4, -0.2) is 31.3 Å². The number of rotatable bonds is 1. The van der Waals surface area contributed by atoms with Crippen LogP contribution in [0, 0.1) is 17.1 Å². The third-order valence-electron chi connectivity index (χ3n) is 2.31. The molecule has 0 aromatic carbocycles. The first-order valence-corrected chi connectivity index (χ1v) is 4.69. The highest BCUT2D eigenvalue weighted by Crippen LogP contribution is 2.17. The minimum absolute atomic E-state index is 0.160. The van der Waals surface area contributed by atoms with E-state index in [4.69, 9.17) is 10.00 Å². The molecular weight excluding hydrogens is 197 g/mol. The molecule has 0 N–H and O–H groups in total. The van der Waals surface area contributed by atoms with Crippen molar-refractivity contribution < 1.29 is 9.13 Å². The van der Waals surface area contributed by atoms with Crippen LogP contribution < -0.4 is 4.90 Å². The minimum Gasteiger partial charge on any atom is -0.378 e. The zero-order valence-corrected chi connectivity index (χ0v) is 8.11. The largest absolute Gasteiger partial charge is 0.378 e. The lowest BCUT2D eigenvalue weighted by atomic mass is 10.3. The summed E-state index contributed by atoms with van der Waals surface area (Å²) in [4.78, 5) is 5.74. The van der Waals surface area contributed by atoms with Crippen molar-refractivity contribution in [1.29, 1.82) is 5.26 Å². The molecular formula is C10H10FN3O. The predicted molar refractivity (Wildman–Crippen MR) is 51.9 cm³/mol. The maximum absolute atomic E-state index is 13.3. The van der Waals surface area contributed by atoms with E-state index in [0.717, 1.165) is 13.1 Å². The molecule has 15 heavy (non-hydrogen) atoms. The molecule has 0 aliphatic carbocycles. The molecule has 2 heterocycles. The normalized spacial score (nSPS) is 16.1. The van der Waals surface area contributed by atoms with Gasteiger partial charge in [0.15, 0.2) is 11.5 Å². The Balaban J connectivity index is 2.22. The van der Waals surface area contributed by atoms with Crippen LogP contribution >= 0.6 is 0 Å². The lowest BCUT2D eigenvalue weighted by molar-refractivity contribution is 0.122. The Hall–Kier alpha value is -1.67. The van der Waals surface area contributed by atoms with E-state index in [2.05, 4.69) is 4.98 Å². The average molecular weight is 207 g/mol. The van der Waals surface area contributed by atoms with Crippen LogP contribution in [0.1, 0.15) is 5.69 Å². The molecule has 5 heteroatoms. The van der Waals surface area contributed by atoms with Crippen LogP contribution in [0.5, 0.6) is 0 Å². The second-order valence-corrected chi connectivity index (χ2v) is 3.24. The maximum atomic E-state index is 13.3. The Morgan fingerprint density at radius 2 is 2.20 bits per heavy atom. The Labute approximate surface area is 86.9 Å². The summed E-state index contributed by atoms with van der Waals surface area (Å²) in [5.74, 6) is -0.568. The molecule has 1 saturated heterocycles. The van der Waals surface area contributed by atoms with E-state index in [1.807, 2.05) is 4.90 Å². The summed E-state index contributed by atoms with van der Waals surface area (Å²) in [6.07, 6.45) is 1.52. The lowest BCUT2D eigenvalue weighted by Crippen LogP contribution is -2.36. The molecule has 2 rings (SSSR count). The summed E-state index contributed by atoms with van der Waals surface area (Å²) in [7, 11) is 0. The zero-order chi connectivity index (χ0) is 10.7. The van der Waals surface area contributed by atoms with Crippen LogP contribution in [0.3, 0.4) is 0 Å². The van der Waals surface area contributed by atoms with Gasteiger partial charge < -0.3 is 9.64 Å². The Kier molecular flexibility index (Phi) is 2.79. The molecule has 0 atom stereocenters. The van der Waals surface area contributed by atoms with E-state index in [1.54, 1.807) is 6.07 Å². The van der Waals surface area contributed by atoms with Crippen molar-refractivity contribution in [2.75, 3.05) is 31.2 Å².